The molecule has 0 saturated carbocycles. The van der Waals surface area contributed by atoms with Gasteiger partial charge in [0, 0.05) is 6.42 Å². The van der Waals surface area contributed by atoms with Gasteiger partial charge < -0.3 is 10.3 Å². The number of halogens is 3. The minimum Gasteiger partial charge on any atom is -0.337 e. The number of nitrogens with two attached hydrogens (primary N) is 1. The second-order valence-electron chi connectivity index (χ2n) is 2.47. The molecule has 1 aromatic rings. The third kappa shape index (κ3) is 2.23. The van der Waals surface area contributed by atoms with Gasteiger partial charge in [-0.2, -0.15) is 18.2 Å². The maximum Gasteiger partial charge on any atom is 0.455 e. The molecular formula is C7H6F3N3O. The Labute approximate surface area is 77.3 Å². The maximum absolute atomic E-state index is 12.0. The number of aromatic nitrogens is 2. The number of hydrogen-bond acceptors (Lipinski definition) is 4. The van der Waals surface area contributed by atoms with E-state index in [4.69, 9.17) is 12.2 Å². The van der Waals surface area contributed by atoms with Crippen LogP contribution >= 0.6 is 0 Å². The highest BCUT2D eigenvalue weighted by molar-refractivity contribution is 4.99. The average Bonchev–Trinajstić information content (AvgIpc) is 2.51. The Balaban J connectivity index is 2.84. The van der Waals surface area contributed by atoms with E-state index in [1.54, 1.807) is 0 Å². The Morgan fingerprint density at radius 3 is 2.64 bits per heavy atom. The molecule has 1 atom stereocenters. The van der Waals surface area contributed by atoms with E-state index in [1.807, 2.05) is 0 Å². The van der Waals surface area contributed by atoms with E-state index in [1.165, 1.54) is 0 Å². The highest BCUT2D eigenvalue weighted by atomic mass is 19.4. The molecule has 7 heteroatoms. The first-order valence-corrected chi connectivity index (χ1v) is 3.55. The van der Waals surface area contributed by atoms with Gasteiger partial charge in [0.05, 0.1) is 6.04 Å². The summed E-state index contributed by atoms with van der Waals surface area (Å²) in [5.41, 5.74) is 5.36. The van der Waals surface area contributed by atoms with Crippen molar-refractivity contribution in [3.8, 4) is 12.3 Å². The van der Waals surface area contributed by atoms with Crippen molar-refractivity contribution >= 4 is 0 Å². The van der Waals surface area contributed by atoms with Crippen molar-refractivity contribution in [3.05, 3.63) is 11.7 Å². The van der Waals surface area contributed by atoms with Gasteiger partial charge in [-0.15, -0.1) is 12.3 Å². The zero-order valence-electron chi connectivity index (χ0n) is 6.88. The van der Waals surface area contributed by atoms with Crippen LogP contribution in [0.5, 0.6) is 0 Å². The molecule has 2 N–H and O–H groups in total. The highest BCUT2D eigenvalue weighted by Crippen LogP contribution is 2.27. The molecule has 0 radical (unpaired) electrons. The number of hydrogen-bond donors (Lipinski definition) is 1. The summed E-state index contributed by atoms with van der Waals surface area (Å²) in [7, 11) is 0. The fraction of sp³-hybridized carbons (Fsp3) is 0.429. The van der Waals surface area contributed by atoms with Crippen molar-refractivity contribution in [1.82, 2.24) is 10.1 Å². The molecule has 76 valence electrons. The van der Waals surface area contributed by atoms with Gasteiger partial charge in [0.15, 0.2) is 0 Å². The van der Waals surface area contributed by atoms with E-state index >= 15 is 0 Å². The van der Waals surface area contributed by atoms with Crippen LogP contribution < -0.4 is 5.73 Å². The summed E-state index contributed by atoms with van der Waals surface area (Å²) in [5.74, 6) is 0.523. The van der Waals surface area contributed by atoms with Crippen LogP contribution in [0.4, 0.5) is 13.2 Å². The van der Waals surface area contributed by atoms with Gasteiger partial charge in [-0.05, 0) is 0 Å². The summed E-state index contributed by atoms with van der Waals surface area (Å²) in [4.78, 5) is 3.08. The normalized spacial score (nSPS) is 13.6. The van der Waals surface area contributed by atoms with E-state index in [2.05, 4.69) is 20.6 Å². The van der Waals surface area contributed by atoms with E-state index in [9.17, 15) is 13.2 Å². The topological polar surface area (TPSA) is 64.9 Å². The predicted molar refractivity (Wildman–Crippen MR) is 39.7 cm³/mol. The SMILES string of the molecule is C#CCC(N)c1nc(C(F)(F)F)no1. The molecule has 1 heterocycles. The third-order valence-corrected chi connectivity index (χ3v) is 1.35. The zero-order chi connectivity index (χ0) is 10.8. The number of rotatable bonds is 2. The summed E-state index contributed by atoms with van der Waals surface area (Å²) in [6.07, 6.45) is 0.331. The molecule has 0 amide bonds. The van der Waals surface area contributed by atoms with Crippen molar-refractivity contribution in [2.75, 3.05) is 0 Å². The number of nitrogens with zero attached hydrogens (tertiary/aromatic N) is 2. The monoisotopic (exact) mass is 205 g/mol. The lowest BCUT2D eigenvalue weighted by atomic mass is 10.2. The summed E-state index contributed by atoms with van der Waals surface area (Å²) in [6.45, 7) is 0. The highest BCUT2D eigenvalue weighted by Gasteiger charge is 2.37. The van der Waals surface area contributed by atoms with Gasteiger partial charge >= 0.3 is 6.18 Å². The van der Waals surface area contributed by atoms with Gasteiger partial charge in [0.25, 0.3) is 5.82 Å². The molecule has 0 aliphatic heterocycles. The number of terminal acetylenes is 1. The van der Waals surface area contributed by atoms with Crippen LogP contribution in [0.1, 0.15) is 24.2 Å². The first-order chi connectivity index (χ1) is 6.45. The Morgan fingerprint density at radius 2 is 2.21 bits per heavy atom. The van der Waals surface area contributed by atoms with Crippen LogP contribution in [0.3, 0.4) is 0 Å². The van der Waals surface area contributed by atoms with Crippen molar-refractivity contribution in [2.45, 2.75) is 18.6 Å². The summed E-state index contributed by atoms with van der Waals surface area (Å²) in [6, 6.07) is -0.858. The van der Waals surface area contributed by atoms with Crippen molar-refractivity contribution in [1.29, 1.82) is 0 Å². The van der Waals surface area contributed by atoms with Gasteiger partial charge in [0.2, 0.25) is 5.89 Å². The molecule has 4 nitrogen and oxygen atoms in total. The van der Waals surface area contributed by atoms with Crippen molar-refractivity contribution in [2.24, 2.45) is 5.73 Å². The standard InChI is InChI=1S/C7H6F3N3O/c1-2-3-4(11)5-12-6(13-14-5)7(8,9)10/h1,4H,3,11H2. The molecule has 0 aromatic carbocycles. The fourth-order valence-corrected chi connectivity index (χ4v) is 0.715. The quantitative estimate of drug-likeness (QED) is 0.734. The lowest BCUT2D eigenvalue weighted by Crippen LogP contribution is -2.11. The largest absolute Gasteiger partial charge is 0.455 e. The molecule has 14 heavy (non-hydrogen) atoms. The molecular weight excluding hydrogens is 199 g/mol. The van der Waals surface area contributed by atoms with Crippen molar-refractivity contribution < 1.29 is 17.7 Å². The van der Waals surface area contributed by atoms with Crippen LogP contribution in [0, 0.1) is 12.3 Å². The molecule has 0 bridgehead atoms. The smallest absolute Gasteiger partial charge is 0.337 e. The third-order valence-electron chi connectivity index (χ3n) is 1.35. The van der Waals surface area contributed by atoms with E-state index in [-0.39, 0.29) is 12.3 Å². The first-order valence-electron chi connectivity index (χ1n) is 3.55. The summed E-state index contributed by atoms with van der Waals surface area (Å²) in [5, 5.41) is 2.73. The first kappa shape index (κ1) is 10.5. The maximum atomic E-state index is 12.0. The Kier molecular flexibility index (Phi) is 2.76. The molecule has 0 aliphatic carbocycles. The molecule has 0 fully saturated rings. The van der Waals surface area contributed by atoms with Crippen LogP contribution in [0.25, 0.3) is 0 Å². The molecule has 0 aliphatic rings. The van der Waals surface area contributed by atoms with Gasteiger partial charge in [-0.1, -0.05) is 5.16 Å². The van der Waals surface area contributed by atoms with Gasteiger partial charge in [-0.3, -0.25) is 0 Å². The van der Waals surface area contributed by atoms with Crippen LogP contribution in [-0.2, 0) is 6.18 Å². The zero-order valence-corrected chi connectivity index (χ0v) is 6.88. The lowest BCUT2D eigenvalue weighted by Gasteiger charge is -1.99. The Bertz CT molecular complexity index is 352. The minimum absolute atomic E-state index is 0.0412. The van der Waals surface area contributed by atoms with E-state index in [0.717, 1.165) is 0 Å². The molecule has 0 saturated heterocycles. The second kappa shape index (κ2) is 3.67. The Hall–Kier alpha value is -1.55. The molecule has 1 aromatic heterocycles. The van der Waals surface area contributed by atoms with Crippen LogP contribution in [0.2, 0.25) is 0 Å². The summed E-state index contributed by atoms with van der Waals surface area (Å²) < 4.78 is 40.3. The predicted octanol–water partition coefficient (Wildman–Crippen LogP) is 1.11. The van der Waals surface area contributed by atoms with Gasteiger partial charge in [0.1, 0.15) is 0 Å². The van der Waals surface area contributed by atoms with Crippen molar-refractivity contribution in [3.63, 3.8) is 0 Å². The number of alkyl halides is 3. The van der Waals surface area contributed by atoms with Crippen LogP contribution in [0.15, 0.2) is 4.52 Å². The average molecular weight is 205 g/mol. The fourth-order valence-electron chi connectivity index (χ4n) is 0.715. The summed E-state index contributed by atoms with van der Waals surface area (Å²) >= 11 is 0. The lowest BCUT2D eigenvalue weighted by molar-refractivity contribution is -0.146. The van der Waals surface area contributed by atoms with Crippen LogP contribution in [-0.4, -0.2) is 10.1 Å². The van der Waals surface area contributed by atoms with E-state index < -0.39 is 18.0 Å². The minimum atomic E-state index is -4.63. The molecule has 0 spiro atoms. The Morgan fingerprint density at radius 1 is 1.57 bits per heavy atom. The molecule has 1 unspecified atom stereocenters. The second-order valence-corrected chi connectivity index (χ2v) is 2.47. The van der Waals surface area contributed by atoms with Gasteiger partial charge in [-0.25, -0.2) is 0 Å². The molecule has 1 rings (SSSR count). The van der Waals surface area contributed by atoms with E-state index in [0.29, 0.717) is 0 Å².